The van der Waals surface area contributed by atoms with E-state index in [2.05, 4.69) is 10.6 Å². The summed E-state index contributed by atoms with van der Waals surface area (Å²) < 4.78 is 13.9. The van der Waals surface area contributed by atoms with Crippen LogP contribution in [0.5, 0.6) is 0 Å². The normalized spacial score (nSPS) is 16.9. The molecule has 3 amide bonds. The maximum Gasteiger partial charge on any atom is 0.262 e. The van der Waals surface area contributed by atoms with E-state index in [0.29, 0.717) is 47.7 Å². The van der Waals surface area contributed by atoms with Gasteiger partial charge in [-0.3, -0.25) is 14.4 Å². The third kappa shape index (κ3) is 4.96. The molecule has 31 heavy (non-hydrogen) atoms. The Morgan fingerprint density at radius 3 is 2.84 bits per heavy atom. The second-order valence-corrected chi connectivity index (χ2v) is 8.47. The average Bonchev–Trinajstić information content (AvgIpc) is 3.17. The molecule has 0 saturated carbocycles. The van der Waals surface area contributed by atoms with Crippen molar-refractivity contribution in [3.63, 3.8) is 0 Å². The predicted octanol–water partition coefficient (Wildman–Crippen LogP) is 3.65. The number of hydrogen-bond donors (Lipinski definition) is 2. The Hall–Kier alpha value is -3.13. The Bertz CT molecular complexity index is 1070. The average molecular weight is 440 g/mol. The number of thioether (sulfide) groups is 1. The Balaban J connectivity index is 1.37. The molecule has 8 heteroatoms. The zero-order valence-electron chi connectivity index (χ0n) is 16.8. The molecule has 160 valence electrons. The van der Waals surface area contributed by atoms with Crippen LogP contribution in [0.1, 0.15) is 35.2 Å². The van der Waals surface area contributed by atoms with E-state index >= 15 is 0 Å². The first kappa shape index (κ1) is 21.1. The molecule has 0 aromatic heterocycles. The number of anilines is 1. The number of halogens is 1. The monoisotopic (exact) mass is 439 g/mol. The molecule has 0 radical (unpaired) electrons. The van der Waals surface area contributed by atoms with Crippen molar-refractivity contribution >= 4 is 41.2 Å². The number of likely N-dealkylation sites (tertiary alicyclic amines) is 1. The largest absolute Gasteiger partial charge is 0.352 e. The summed E-state index contributed by atoms with van der Waals surface area (Å²) in [5, 5.41) is 5.63. The molecule has 0 atom stereocenters. The molecule has 2 aliphatic heterocycles. The zero-order valence-corrected chi connectivity index (χ0v) is 17.6. The van der Waals surface area contributed by atoms with Crippen molar-refractivity contribution in [2.24, 2.45) is 0 Å². The van der Waals surface area contributed by atoms with Gasteiger partial charge in [-0.05, 0) is 43.2 Å². The minimum absolute atomic E-state index is 0.178. The highest BCUT2D eigenvalue weighted by Gasteiger charge is 2.23. The van der Waals surface area contributed by atoms with Crippen LogP contribution in [0.3, 0.4) is 0 Å². The summed E-state index contributed by atoms with van der Waals surface area (Å²) >= 11 is 1.24. The van der Waals surface area contributed by atoms with E-state index in [-0.39, 0.29) is 17.7 Å². The maximum atomic E-state index is 13.9. The molecule has 0 spiro atoms. The van der Waals surface area contributed by atoms with Crippen LogP contribution in [0, 0.1) is 5.82 Å². The third-order valence-corrected chi connectivity index (χ3v) is 6.29. The van der Waals surface area contributed by atoms with Gasteiger partial charge < -0.3 is 15.5 Å². The lowest BCUT2D eigenvalue weighted by Gasteiger charge is -2.19. The SMILES string of the molecule is O=C1Nc2cc(C(=O)NCCCN3CCCC3=O)ccc2S/C1=C/c1ccccc1F. The summed E-state index contributed by atoms with van der Waals surface area (Å²) in [7, 11) is 0. The lowest BCUT2D eigenvalue weighted by atomic mass is 10.1. The highest BCUT2D eigenvalue weighted by atomic mass is 32.2. The van der Waals surface area contributed by atoms with Gasteiger partial charge in [-0.1, -0.05) is 30.0 Å². The number of carbonyl (C=O) groups is 3. The fourth-order valence-corrected chi connectivity index (χ4v) is 4.47. The standard InChI is InChI=1S/C23H22FN3O3S/c24-17-6-2-1-5-15(17)14-20-23(30)26-18-13-16(8-9-19(18)31-20)22(29)25-10-4-12-27-11-3-7-21(27)28/h1-2,5-6,8-9,13-14H,3-4,7,10-12H2,(H,25,29)(H,26,30)/b20-14+. The highest BCUT2D eigenvalue weighted by molar-refractivity contribution is 8.04. The second-order valence-electron chi connectivity index (χ2n) is 7.39. The first-order valence-corrected chi connectivity index (χ1v) is 11.0. The molecule has 2 heterocycles. The van der Waals surface area contributed by atoms with Crippen LogP contribution >= 0.6 is 11.8 Å². The Labute approximate surface area is 183 Å². The summed E-state index contributed by atoms with van der Waals surface area (Å²) in [6.07, 6.45) is 3.73. The van der Waals surface area contributed by atoms with Crippen LogP contribution in [0.2, 0.25) is 0 Å². The van der Waals surface area contributed by atoms with Gasteiger partial charge in [0.15, 0.2) is 0 Å². The maximum absolute atomic E-state index is 13.9. The number of amides is 3. The molecule has 6 nitrogen and oxygen atoms in total. The van der Waals surface area contributed by atoms with Gasteiger partial charge in [0.1, 0.15) is 5.82 Å². The molecule has 1 fully saturated rings. The van der Waals surface area contributed by atoms with Crippen LogP contribution in [-0.4, -0.2) is 42.3 Å². The van der Waals surface area contributed by atoms with Crippen molar-refractivity contribution in [3.8, 4) is 0 Å². The molecule has 2 N–H and O–H groups in total. The molecule has 0 bridgehead atoms. The van der Waals surface area contributed by atoms with Crippen LogP contribution in [0.15, 0.2) is 52.3 Å². The Kier molecular flexibility index (Phi) is 6.36. The first-order chi connectivity index (χ1) is 15.0. The summed E-state index contributed by atoms with van der Waals surface area (Å²) in [5.41, 5.74) is 1.34. The van der Waals surface area contributed by atoms with Crippen molar-refractivity contribution in [2.75, 3.05) is 25.0 Å². The molecular weight excluding hydrogens is 417 g/mol. The lowest BCUT2D eigenvalue weighted by Crippen LogP contribution is -2.30. The van der Waals surface area contributed by atoms with Gasteiger partial charge in [0.25, 0.3) is 11.8 Å². The number of hydrogen-bond acceptors (Lipinski definition) is 4. The topological polar surface area (TPSA) is 78.5 Å². The molecular formula is C23H22FN3O3S. The van der Waals surface area contributed by atoms with Crippen LogP contribution in [-0.2, 0) is 9.59 Å². The number of carbonyl (C=O) groups excluding carboxylic acids is 3. The van der Waals surface area contributed by atoms with Crippen molar-refractivity contribution in [1.29, 1.82) is 0 Å². The van der Waals surface area contributed by atoms with E-state index < -0.39 is 5.82 Å². The predicted molar refractivity (Wildman–Crippen MR) is 118 cm³/mol. The van der Waals surface area contributed by atoms with Gasteiger partial charge in [0.2, 0.25) is 5.91 Å². The van der Waals surface area contributed by atoms with Gasteiger partial charge in [-0.25, -0.2) is 4.39 Å². The van der Waals surface area contributed by atoms with Crippen molar-refractivity contribution in [2.45, 2.75) is 24.2 Å². The Morgan fingerprint density at radius 2 is 2.06 bits per heavy atom. The molecule has 0 aliphatic carbocycles. The highest BCUT2D eigenvalue weighted by Crippen LogP contribution is 2.39. The molecule has 4 rings (SSSR count). The fraction of sp³-hybridized carbons (Fsp3) is 0.261. The van der Waals surface area contributed by atoms with Crippen LogP contribution < -0.4 is 10.6 Å². The fourth-order valence-electron chi connectivity index (χ4n) is 3.55. The number of fused-ring (bicyclic) bond motifs is 1. The smallest absolute Gasteiger partial charge is 0.262 e. The van der Waals surface area contributed by atoms with E-state index in [0.717, 1.165) is 17.9 Å². The van der Waals surface area contributed by atoms with Crippen LogP contribution in [0.25, 0.3) is 6.08 Å². The van der Waals surface area contributed by atoms with Gasteiger partial charge in [-0.15, -0.1) is 0 Å². The summed E-state index contributed by atoms with van der Waals surface area (Å²) in [6, 6.07) is 11.4. The van der Waals surface area contributed by atoms with Gasteiger partial charge in [0, 0.05) is 42.1 Å². The third-order valence-electron chi connectivity index (χ3n) is 5.19. The zero-order chi connectivity index (χ0) is 21.8. The number of nitrogens with zero attached hydrogens (tertiary/aromatic N) is 1. The van der Waals surface area contributed by atoms with Gasteiger partial charge >= 0.3 is 0 Å². The first-order valence-electron chi connectivity index (χ1n) is 10.2. The van der Waals surface area contributed by atoms with Gasteiger partial charge in [0.05, 0.1) is 10.6 Å². The van der Waals surface area contributed by atoms with Crippen molar-refractivity contribution in [1.82, 2.24) is 10.2 Å². The van der Waals surface area contributed by atoms with Crippen molar-refractivity contribution in [3.05, 3.63) is 64.3 Å². The van der Waals surface area contributed by atoms with Gasteiger partial charge in [-0.2, -0.15) is 0 Å². The lowest BCUT2D eigenvalue weighted by molar-refractivity contribution is -0.127. The minimum atomic E-state index is -0.393. The molecule has 0 unspecified atom stereocenters. The molecule has 2 aromatic carbocycles. The van der Waals surface area contributed by atoms with E-state index in [9.17, 15) is 18.8 Å². The molecule has 2 aliphatic rings. The summed E-state index contributed by atoms with van der Waals surface area (Å²) in [4.78, 5) is 39.5. The van der Waals surface area contributed by atoms with E-state index in [1.807, 2.05) is 4.90 Å². The number of rotatable bonds is 6. The Morgan fingerprint density at radius 1 is 1.23 bits per heavy atom. The van der Waals surface area contributed by atoms with E-state index in [1.165, 1.54) is 23.9 Å². The summed E-state index contributed by atoms with van der Waals surface area (Å²) in [5.74, 6) is -0.788. The van der Waals surface area contributed by atoms with E-state index in [1.54, 1.807) is 36.4 Å². The number of nitrogens with one attached hydrogen (secondary N) is 2. The van der Waals surface area contributed by atoms with Crippen LogP contribution in [0.4, 0.5) is 10.1 Å². The quantitative estimate of drug-likeness (QED) is 0.532. The van der Waals surface area contributed by atoms with E-state index in [4.69, 9.17) is 0 Å². The second kappa shape index (κ2) is 9.34. The summed E-state index contributed by atoms with van der Waals surface area (Å²) in [6.45, 7) is 1.91. The molecule has 2 aromatic rings. The minimum Gasteiger partial charge on any atom is -0.352 e. The van der Waals surface area contributed by atoms with Crippen molar-refractivity contribution < 1.29 is 18.8 Å². The molecule has 1 saturated heterocycles. The number of benzene rings is 2.